The van der Waals surface area contributed by atoms with Gasteiger partial charge in [-0.2, -0.15) is 0 Å². The number of hydrogen-bond acceptors (Lipinski definition) is 5. The minimum atomic E-state index is -0.763. The van der Waals surface area contributed by atoms with E-state index in [9.17, 15) is 19.5 Å². The Morgan fingerprint density at radius 2 is 1.76 bits per heavy atom. The fourth-order valence-corrected chi connectivity index (χ4v) is 2.10. The summed E-state index contributed by atoms with van der Waals surface area (Å²) in [4.78, 5) is 35.4. The molecule has 2 rings (SSSR count). The smallest absolute Gasteiger partial charge is 0.342 e. The second-order valence-corrected chi connectivity index (χ2v) is 5.45. The van der Waals surface area contributed by atoms with E-state index in [-0.39, 0.29) is 23.0 Å². The van der Waals surface area contributed by atoms with E-state index in [2.05, 4.69) is 5.32 Å². The number of amides is 1. The zero-order valence-electron chi connectivity index (χ0n) is 14.0. The van der Waals surface area contributed by atoms with Crippen molar-refractivity contribution in [2.24, 2.45) is 0 Å². The van der Waals surface area contributed by atoms with Crippen molar-refractivity contribution in [3.05, 3.63) is 59.2 Å². The molecule has 0 aliphatic carbocycles. The first-order valence-corrected chi connectivity index (χ1v) is 7.81. The molecule has 0 aliphatic heterocycles. The number of aromatic hydroxyl groups is 1. The molecule has 0 atom stereocenters. The van der Waals surface area contributed by atoms with Crippen LogP contribution >= 0.6 is 0 Å². The molecule has 1 amide bonds. The second kappa shape index (κ2) is 8.10. The highest BCUT2D eigenvalue weighted by Crippen LogP contribution is 2.22. The molecule has 0 aromatic heterocycles. The van der Waals surface area contributed by atoms with Crippen LogP contribution in [0.2, 0.25) is 0 Å². The molecule has 0 fully saturated rings. The fourth-order valence-electron chi connectivity index (χ4n) is 2.10. The number of anilines is 1. The maximum Gasteiger partial charge on any atom is 0.342 e. The Bertz CT molecular complexity index is 796. The summed E-state index contributed by atoms with van der Waals surface area (Å²) in [7, 11) is 0. The first-order valence-electron chi connectivity index (χ1n) is 7.81. The zero-order chi connectivity index (χ0) is 18.4. The van der Waals surface area contributed by atoms with Gasteiger partial charge in [0, 0.05) is 17.7 Å². The topological polar surface area (TPSA) is 92.7 Å². The van der Waals surface area contributed by atoms with Gasteiger partial charge in [-0.05, 0) is 42.8 Å². The van der Waals surface area contributed by atoms with E-state index in [0.717, 1.165) is 0 Å². The largest absolute Gasteiger partial charge is 0.507 e. The first-order chi connectivity index (χ1) is 11.9. The van der Waals surface area contributed by atoms with Crippen LogP contribution in [-0.4, -0.2) is 29.4 Å². The normalized spacial score (nSPS) is 10.2. The number of ketones is 1. The highest BCUT2D eigenvalue weighted by molar-refractivity contribution is 6.00. The molecule has 0 bridgehead atoms. The van der Waals surface area contributed by atoms with Gasteiger partial charge >= 0.3 is 5.97 Å². The highest BCUT2D eigenvalue weighted by Gasteiger charge is 2.16. The van der Waals surface area contributed by atoms with E-state index in [1.165, 1.54) is 6.07 Å². The molecule has 0 saturated heterocycles. The molecule has 0 unspecified atom stereocenters. The third kappa shape index (κ3) is 4.67. The van der Waals surface area contributed by atoms with Crippen molar-refractivity contribution in [3.63, 3.8) is 0 Å². The predicted octanol–water partition coefficient (Wildman–Crippen LogP) is 3.09. The first kappa shape index (κ1) is 18.2. The number of esters is 1. The number of aryl methyl sites for hydroxylation is 1. The van der Waals surface area contributed by atoms with Crippen molar-refractivity contribution in [2.75, 3.05) is 11.9 Å². The Morgan fingerprint density at radius 3 is 2.40 bits per heavy atom. The number of carbonyl (C=O) groups is 3. The number of Topliss-reactive ketones (excluding diaryl/α,β-unsaturated/α-hetero) is 1. The summed E-state index contributed by atoms with van der Waals surface area (Å²) in [5, 5.41) is 12.5. The quantitative estimate of drug-likeness (QED) is 0.622. The summed E-state index contributed by atoms with van der Waals surface area (Å²) >= 11 is 0. The molecule has 130 valence electrons. The van der Waals surface area contributed by atoms with Gasteiger partial charge in [0.25, 0.3) is 0 Å². The second-order valence-electron chi connectivity index (χ2n) is 5.45. The third-order valence-corrected chi connectivity index (χ3v) is 3.60. The van der Waals surface area contributed by atoms with Crippen LogP contribution in [-0.2, 0) is 9.53 Å². The van der Waals surface area contributed by atoms with E-state index < -0.39 is 12.6 Å². The summed E-state index contributed by atoms with van der Waals surface area (Å²) in [5.41, 5.74) is 1.51. The molecular formula is C19H19NO5. The van der Waals surface area contributed by atoms with E-state index >= 15 is 0 Å². The maximum absolute atomic E-state index is 12.1. The van der Waals surface area contributed by atoms with Crippen molar-refractivity contribution in [3.8, 4) is 5.75 Å². The van der Waals surface area contributed by atoms with Gasteiger partial charge in [0.15, 0.2) is 12.4 Å². The number of rotatable bonds is 6. The van der Waals surface area contributed by atoms with E-state index in [0.29, 0.717) is 23.2 Å². The van der Waals surface area contributed by atoms with Crippen molar-refractivity contribution < 1.29 is 24.2 Å². The Morgan fingerprint density at radius 1 is 1.08 bits per heavy atom. The summed E-state index contributed by atoms with van der Waals surface area (Å²) in [5.74, 6) is -1.42. The molecule has 25 heavy (non-hydrogen) atoms. The third-order valence-electron chi connectivity index (χ3n) is 3.60. The van der Waals surface area contributed by atoms with Crippen LogP contribution in [0.25, 0.3) is 0 Å². The van der Waals surface area contributed by atoms with Crippen LogP contribution < -0.4 is 5.32 Å². The highest BCUT2D eigenvalue weighted by atomic mass is 16.5. The average Bonchev–Trinajstić information content (AvgIpc) is 2.62. The molecule has 6 heteroatoms. The molecular weight excluding hydrogens is 322 g/mol. The Hall–Kier alpha value is -3.15. The number of phenolic OH excluding ortho intramolecular Hbond substituents is 1. The van der Waals surface area contributed by atoms with Gasteiger partial charge in [-0.3, -0.25) is 9.59 Å². The summed E-state index contributed by atoms with van der Waals surface area (Å²) in [6.45, 7) is 2.97. The van der Waals surface area contributed by atoms with Crippen LogP contribution in [0.5, 0.6) is 5.75 Å². The molecule has 0 heterocycles. The average molecular weight is 341 g/mol. The number of phenols is 1. The number of carbonyl (C=O) groups excluding carboxylic acids is 3. The number of hydrogen-bond donors (Lipinski definition) is 2. The summed E-state index contributed by atoms with van der Waals surface area (Å²) in [6, 6.07) is 11.0. The molecule has 6 nitrogen and oxygen atoms in total. The maximum atomic E-state index is 12.1. The van der Waals surface area contributed by atoms with E-state index in [1.54, 1.807) is 50.2 Å². The van der Waals surface area contributed by atoms with Gasteiger partial charge in [0.2, 0.25) is 5.91 Å². The van der Waals surface area contributed by atoms with E-state index in [1.807, 2.05) is 0 Å². The SMILES string of the molecule is CCC(=O)Nc1ccc(C(=O)COC(=O)c2cccc(C)c2O)cc1. The standard InChI is InChI=1S/C19H19NO5/c1-3-17(22)20-14-9-7-13(8-10-14)16(21)11-25-19(24)15-6-4-5-12(2)18(15)23/h4-10,23H,3,11H2,1-2H3,(H,20,22). The van der Waals surface area contributed by atoms with Crippen LogP contribution in [0.15, 0.2) is 42.5 Å². The summed E-state index contributed by atoms with van der Waals surface area (Å²) in [6.07, 6.45) is 0.364. The lowest BCUT2D eigenvalue weighted by atomic mass is 10.1. The van der Waals surface area contributed by atoms with Gasteiger partial charge in [-0.15, -0.1) is 0 Å². The van der Waals surface area contributed by atoms with Crippen molar-refractivity contribution in [2.45, 2.75) is 20.3 Å². The number of ether oxygens (including phenoxy) is 1. The lowest BCUT2D eigenvalue weighted by molar-refractivity contribution is -0.115. The van der Waals surface area contributed by atoms with Gasteiger partial charge < -0.3 is 15.2 Å². The zero-order valence-corrected chi connectivity index (χ0v) is 14.0. The van der Waals surface area contributed by atoms with Gasteiger partial charge in [0.1, 0.15) is 11.3 Å². The van der Waals surface area contributed by atoms with Crippen LogP contribution in [0, 0.1) is 6.92 Å². The van der Waals surface area contributed by atoms with Crippen LogP contribution in [0.3, 0.4) is 0 Å². The van der Waals surface area contributed by atoms with Crippen molar-refractivity contribution >= 4 is 23.3 Å². The number of para-hydroxylation sites is 1. The molecule has 2 aromatic rings. The molecule has 0 aliphatic rings. The molecule has 0 spiro atoms. The van der Waals surface area contributed by atoms with E-state index in [4.69, 9.17) is 4.74 Å². The number of nitrogens with one attached hydrogen (secondary N) is 1. The Balaban J connectivity index is 1.97. The van der Waals surface area contributed by atoms with Crippen LogP contribution in [0.1, 0.15) is 39.6 Å². The predicted molar refractivity (Wildman–Crippen MR) is 92.8 cm³/mol. The van der Waals surface area contributed by atoms with Crippen molar-refractivity contribution in [1.29, 1.82) is 0 Å². The van der Waals surface area contributed by atoms with Gasteiger partial charge in [-0.1, -0.05) is 19.1 Å². The molecule has 0 radical (unpaired) electrons. The van der Waals surface area contributed by atoms with Crippen LogP contribution in [0.4, 0.5) is 5.69 Å². The van der Waals surface area contributed by atoms with Gasteiger partial charge in [-0.25, -0.2) is 4.79 Å². The minimum absolute atomic E-state index is 0.0189. The summed E-state index contributed by atoms with van der Waals surface area (Å²) < 4.78 is 4.97. The molecule has 2 aromatic carbocycles. The van der Waals surface area contributed by atoms with Gasteiger partial charge in [0.05, 0.1) is 0 Å². The Kier molecular flexibility index (Phi) is 5.89. The molecule has 2 N–H and O–H groups in total. The number of benzene rings is 2. The Labute approximate surface area is 145 Å². The lowest BCUT2D eigenvalue weighted by Gasteiger charge is -2.08. The van der Waals surface area contributed by atoms with Crippen molar-refractivity contribution in [1.82, 2.24) is 0 Å². The molecule has 0 saturated carbocycles. The fraction of sp³-hybridized carbons (Fsp3) is 0.211. The monoisotopic (exact) mass is 341 g/mol. The lowest BCUT2D eigenvalue weighted by Crippen LogP contribution is -2.15. The minimum Gasteiger partial charge on any atom is -0.507 e.